The Morgan fingerprint density at radius 2 is 1.52 bits per heavy atom. The van der Waals surface area contributed by atoms with Crippen molar-refractivity contribution in [2.75, 3.05) is 0 Å². The van der Waals surface area contributed by atoms with Crippen molar-refractivity contribution in [2.24, 2.45) is 11.8 Å². The van der Waals surface area contributed by atoms with E-state index >= 15 is 0 Å². The van der Waals surface area contributed by atoms with E-state index in [1.54, 1.807) is 6.92 Å². The average Bonchev–Trinajstić information content (AvgIpc) is 3.25. The van der Waals surface area contributed by atoms with Gasteiger partial charge < -0.3 is 4.74 Å². The zero-order chi connectivity index (χ0) is 22.1. The number of benzene rings is 2. The van der Waals surface area contributed by atoms with Gasteiger partial charge in [0.25, 0.3) is 0 Å². The van der Waals surface area contributed by atoms with Gasteiger partial charge >= 0.3 is 6.09 Å². The Morgan fingerprint density at radius 3 is 2.10 bits per heavy atom. The Labute approximate surface area is 182 Å². The van der Waals surface area contributed by atoms with Crippen LogP contribution in [0.2, 0.25) is 0 Å². The van der Waals surface area contributed by atoms with Crippen LogP contribution in [0, 0.1) is 11.8 Å². The number of imide groups is 1. The highest BCUT2D eigenvalue weighted by Gasteiger charge is 2.52. The van der Waals surface area contributed by atoms with E-state index in [1.165, 1.54) is 4.90 Å². The van der Waals surface area contributed by atoms with E-state index in [-0.39, 0.29) is 11.7 Å². The van der Waals surface area contributed by atoms with Crippen LogP contribution in [0.1, 0.15) is 56.9 Å². The SMILES string of the molecule is CCC[C@@H]1C(C)=C(C)C(=O)[C@H]1C(=O)N1C(=O)O[C@H](c2ccccc2)[C@@H]1c1ccccc1. The van der Waals surface area contributed by atoms with Crippen molar-refractivity contribution in [3.63, 3.8) is 0 Å². The third-order valence-corrected chi connectivity index (χ3v) is 6.56. The summed E-state index contributed by atoms with van der Waals surface area (Å²) in [7, 11) is 0. The van der Waals surface area contributed by atoms with Gasteiger partial charge in [-0.2, -0.15) is 0 Å². The molecule has 0 bridgehead atoms. The van der Waals surface area contributed by atoms with Gasteiger partial charge in [-0.25, -0.2) is 9.69 Å². The summed E-state index contributed by atoms with van der Waals surface area (Å²) in [6.07, 6.45) is 0.256. The molecule has 4 atom stereocenters. The molecular weight excluding hydrogens is 390 g/mol. The lowest BCUT2D eigenvalue weighted by atomic mass is 9.85. The van der Waals surface area contributed by atoms with Crippen molar-refractivity contribution in [2.45, 2.75) is 45.8 Å². The first-order valence-electron chi connectivity index (χ1n) is 10.8. The lowest BCUT2D eigenvalue weighted by Crippen LogP contribution is -2.43. The fourth-order valence-electron chi connectivity index (χ4n) is 4.84. The topological polar surface area (TPSA) is 63.7 Å². The molecule has 0 spiro atoms. The fourth-order valence-corrected chi connectivity index (χ4v) is 4.84. The minimum atomic E-state index is -0.867. The highest BCUT2D eigenvalue weighted by atomic mass is 16.6. The van der Waals surface area contributed by atoms with Gasteiger partial charge in [-0.3, -0.25) is 9.59 Å². The monoisotopic (exact) mass is 417 g/mol. The average molecular weight is 418 g/mol. The van der Waals surface area contributed by atoms with Gasteiger partial charge in [0.1, 0.15) is 12.0 Å². The van der Waals surface area contributed by atoms with E-state index in [9.17, 15) is 14.4 Å². The zero-order valence-corrected chi connectivity index (χ0v) is 18.1. The maximum absolute atomic E-state index is 13.8. The van der Waals surface area contributed by atoms with Crippen molar-refractivity contribution in [3.05, 3.63) is 82.9 Å². The maximum Gasteiger partial charge on any atom is 0.417 e. The normalized spacial score (nSPS) is 25.8. The molecule has 1 fully saturated rings. The number of ketones is 1. The largest absolute Gasteiger partial charge is 0.438 e. The van der Waals surface area contributed by atoms with Gasteiger partial charge in [-0.1, -0.05) is 79.6 Å². The predicted octanol–water partition coefficient (Wildman–Crippen LogP) is 5.40. The molecule has 0 saturated carbocycles. The zero-order valence-electron chi connectivity index (χ0n) is 18.1. The van der Waals surface area contributed by atoms with Crippen molar-refractivity contribution >= 4 is 17.8 Å². The number of rotatable bonds is 5. The molecule has 2 aromatic rings. The van der Waals surface area contributed by atoms with Crippen LogP contribution in [0.15, 0.2) is 71.8 Å². The first kappa shape index (κ1) is 21.0. The number of allylic oxidation sites excluding steroid dienone is 2. The van der Waals surface area contributed by atoms with Gasteiger partial charge in [0, 0.05) is 0 Å². The van der Waals surface area contributed by atoms with Gasteiger partial charge in [0.05, 0.1) is 0 Å². The first-order chi connectivity index (χ1) is 15.0. The van der Waals surface area contributed by atoms with Crippen molar-refractivity contribution in [3.8, 4) is 0 Å². The molecule has 1 aliphatic heterocycles. The number of hydrogen-bond acceptors (Lipinski definition) is 4. The molecule has 0 N–H and O–H groups in total. The van der Waals surface area contributed by atoms with Crippen molar-refractivity contribution in [1.29, 1.82) is 0 Å². The summed E-state index contributed by atoms with van der Waals surface area (Å²) in [6.45, 7) is 5.73. The summed E-state index contributed by atoms with van der Waals surface area (Å²) in [6, 6.07) is 18.2. The highest BCUT2D eigenvalue weighted by Crippen LogP contribution is 2.46. The van der Waals surface area contributed by atoms with E-state index in [0.29, 0.717) is 5.57 Å². The molecule has 0 aromatic heterocycles. The van der Waals surface area contributed by atoms with Crippen LogP contribution < -0.4 is 0 Å². The van der Waals surface area contributed by atoms with Crippen LogP contribution in [0.4, 0.5) is 4.79 Å². The lowest BCUT2D eigenvalue weighted by Gasteiger charge is -2.28. The Morgan fingerprint density at radius 1 is 0.935 bits per heavy atom. The van der Waals surface area contributed by atoms with Crippen LogP contribution in [-0.4, -0.2) is 22.7 Å². The lowest BCUT2D eigenvalue weighted by molar-refractivity contribution is -0.139. The number of cyclic esters (lactones) is 1. The summed E-state index contributed by atoms with van der Waals surface area (Å²) in [5, 5.41) is 0. The van der Waals surface area contributed by atoms with Gasteiger partial charge in [0.2, 0.25) is 5.91 Å². The molecule has 1 aliphatic carbocycles. The highest BCUT2D eigenvalue weighted by molar-refractivity contribution is 6.15. The second-order valence-corrected chi connectivity index (χ2v) is 8.32. The van der Waals surface area contributed by atoms with E-state index in [0.717, 1.165) is 29.5 Å². The Hall–Kier alpha value is -3.21. The van der Waals surface area contributed by atoms with Crippen LogP contribution in [0.25, 0.3) is 0 Å². The summed E-state index contributed by atoms with van der Waals surface area (Å²) >= 11 is 0. The molecule has 160 valence electrons. The second-order valence-electron chi connectivity index (χ2n) is 8.32. The molecule has 0 unspecified atom stereocenters. The first-order valence-corrected chi connectivity index (χ1v) is 10.8. The number of nitrogens with zero attached hydrogens (tertiary/aromatic N) is 1. The number of carbonyl (C=O) groups is 3. The van der Waals surface area contributed by atoms with E-state index in [2.05, 4.69) is 0 Å². The molecule has 4 rings (SSSR count). The molecule has 5 heteroatoms. The summed E-state index contributed by atoms with van der Waals surface area (Å²) in [5.74, 6) is -1.68. The molecule has 31 heavy (non-hydrogen) atoms. The predicted molar refractivity (Wildman–Crippen MR) is 117 cm³/mol. The van der Waals surface area contributed by atoms with E-state index in [4.69, 9.17) is 4.74 Å². The molecular formula is C26H27NO4. The number of amides is 2. The summed E-state index contributed by atoms with van der Waals surface area (Å²) in [5.41, 5.74) is 3.21. The second kappa shape index (κ2) is 8.50. The Bertz CT molecular complexity index is 1030. The molecule has 2 aliphatic rings. The number of hydrogen-bond donors (Lipinski definition) is 0. The van der Waals surface area contributed by atoms with Crippen molar-refractivity contribution < 1.29 is 19.1 Å². The van der Waals surface area contributed by atoms with Gasteiger partial charge in [-0.15, -0.1) is 0 Å². The molecule has 1 heterocycles. The summed E-state index contributed by atoms with van der Waals surface area (Å²) < 4.78 is 5.73. The van der Waals surface area contributed by atoms with Crippen molar-refractivity contribution in [1.82, 2.24) is 4.90 Å². The number of carbonyl (C=O) groups excluding carboxylic acids is 3. The quantitative estimate of drug-likeness (QED) is 0.611. The fraction of sp³-hybridized carbons (Fsp3) is 0.346. The minimum Gasteiger partial charge on any atom is -0.438 e. The van der Waals surface area contributed by atoms with Crippen LogP contribution >= 0.6 is 0 Å². The van der Waals surface area contributed by atoms with Gasteiger partial charge in [0.15, 0.2) is 11.9 Å². The maximum atomic E-state index is 13.8. The Kier molecular flexibility index (Phi) is 5.77. The summed E-state index contributed by atoms with van der Waals surface area (Å²) in [4.78, 5) is 41.0. The Balaban J connectivity index is 1.76. The minimum absolute atomic E-state index is 0.176. The molecule has 1 saturated heterocycles. The standard InChI is InChI=1S/C26H27NO4/c1-4-11-20-16(2)17(3)23(28)21(20)25(29)27-22(18-12-7-5-8-13-18)24(31-26(27)30)19-14-9-6-10-15-19/h5-10,12-15,20-22,24H,4,11H2,1-3H3/t20-,21+,22+,24-/m1/s1. The van der Waals surface area contributed by atoms with Crippen LogP contribution in [0.3, 0.4) is 0 Å². The van der Waals surface area contributed by atoms with E-state index in [1.807, 2.05) is 74.5 Å². The molecule has 5 nitrogen and oxygen atoms in total. The van der Waals surface area contributed by atoms with Crippen LogP contribution in [-0.2, 0) is 14.3 Å². The third-order valence-electron chi connectivity index (χ3n) is 6.56. The van der Waals surface area contributed by atoms with E-state index < -0.39 is 30.1 Å². The molecule has 0 radical (unpaired) electrons. The molecule has 2 amide bonds. The smallest absolute Gasteiger partial charge is 0.417 e. The van der Waals surface area contributed by atoms with Crippen LogP contribution in [0.5, 0.6) is 0 Å². The molecule has 2 aromatic carbocycles. The number of Topliss-reactive ketones (excluding diaryl/α,β-unsaturated/α-hetero) is 1. The third kappa shape index (κ3) is 3.58. The number of ether oxygens (including phenoxy) is 1. The van der Waals surface area contributed by atoms with Gasteiger partial charge in [-0.05, 0) is 42.9 Å².